The summed E-state index contributed by atoms with van der Waals surface area (Å²) >= 11 is 0. The lowest BCUT2D eigenvalue weighted by Gasteiger charge is -2.18. The van der Waals surface area contributed by atoms with E-state index in [1.165, 1.54) is 103 Å². The molecule has 6 nitrogen and oxygen atoms in total. The van der Waals surface area contributed by atoms with Crippen molar-refractivity contribution >= 4 is 17.9 Å². The third kappa shape index (κ3) is 51.6. The Labute approximate surface area is 407 Å². The summed E-state index contributed by atoms with van der Waals surface area (Å²) < 4.78 is 16.8. The Morgan fingerprint density at radius 3 is 0.985 bits per heavy atom. The molecule has 0 aliphatic rings. The average molecular weight is 919 g/mol. The molecule has 378 valence electrons. The summed E-state index contributed by atoms with van der Waals surface area (Å²) in [5, 5.41) is 0. The van der Waals surface area contributed by atoms with Crippen molar-refractivity contribution in [1.82, 2.24) is 0 Å². The second-order valence-electron chi connectivity index (χ2n) is 18.1. The monoisotopic (exact) mass is 919 g/mol. The average Bonchev–Trinajstić information content (AvgIpc) is 3.31. The third-order valence-corrected chi connectivity index (χ3v) is 11.6. The molecule has 1 atom stereocenters. The van der Waals surface area contributed by atoms with Crippen LogP contribution < -0.4 is 0 Å². The highest BCUT2D eigenvalue weighted by Gasteiger charge is 2.19. The molecule has 0 saturated carbocycles. The number of carbonyl (C=O) groups excluding carboxylic acids is 3. The Morgan fingerprint density at radius 2 is 0.606 bits per heavy atom. The smallest absolute Gasteiger partial charge is 0.306 e. The van der Waals surface area contributed by atoms with Crippen molar-refractivity contribution < 1.29 is 28.6 Å². The van der Waals surface area contributed by atoms with Gasteiger partial charge in [0.25, 0.3) is 0 Å². The van der Waals surface area contributed by atoms with Crippen molar-refractivity contribution in [3.8, 4) is 0 Å². The predicted molar refractivity (Wildman–Crippen MR) is 284 cm³/mol. The van der Waals surface area contributed by atoms with Crippen molar-refractivity contribution in [1.29, 1.82) is 0 Å². The van der Waals surface area contributed by atoms with Gasteiger partial charge in [-0.2, -0.15) is 0 Å². The van der Waals surface area contributed by atoms with Crippen molar-refractivity contribution in [3.63, 3.8) is 0 Å². The van der Waals surface area contributed by atoms with Gasteiger partial charge in [0.15, 0.2) is 6.10 Å². The van der Waals surface area contributed by atoms with Crippen LogP contribution in [0, 0.1) is 0 Å². The maximum absolute atomic E-state index is 12.8. The van der Waals surface area contributed by atoms with Crippen LogP contribution in [0.5, 0.6) is 0 Å². The summed E-state index contributed by atoms with van der Waals surface area (Å²) in [7, 11) is 0. The molecule has 0 aliphatic carbocycles. The highest BCUT2D eigenvalue weighted by atomic mass is 16.6. The zero-order chi connectivity index (χ0) is 47.9. The topological polar surface area (TPSA) is 78.9 Å². The second kappa shape index (κ2) is 54.2. The molecule has 1 unspecified atom stereocenters. The molecule has 66 heavy (non-hydrogen) atoms. The van der Waals surface area contributed by atoms with Gasteiger partial charge in [-0.1, -0.05) is 215 Å². The van der Waals surface area contributed by atoms with E-state index in [1.54, 1.807) is 0 Å². The van der Waals surface area contributed by atoms with Gasteiger partial charge in [-0.3, -0.25) is 14.4 Å². The minimum Gasteiger partial charge on any atom is -0.462 e. The van der Waals surface area contributed by atoms with E-state index in [0.29, 0.717) is 19.3 Å². The maximum atomic E-state index is 12.8. The highest BCUT2D eigenvalue weighted by molar-refractivity contribution is 5.71. The number of rotatable bonds is 49. The summed E-state index contributed by atoms with van der Waals surface area (Å²) in [4.78, 5) is 38.0. The summed E-state index contributed by atoms with van der Waals surface area (Å²) in [6, 6.07) is 0. The third-order valence-electron chi connectivity index (χ3n) is 11.6. The zero-order valence-corrected chi connectivity index (χ0v) is 43.2. The number of hydrogen-bond acceptors (Lipinski definition) is 6. The summed E-state index contributed by atoms with van der Waals surface area (Å²) in [5.74, 6) is -0.909. The van der Waals surface area contributed by atoms with Crippen LogP contribution >= 0.6 is 0 Å². The van der Waals surface area contributed by atoms with Crippen molar-refractivity contribution in [2.75, 3.05) is 13.2 Å². The summed E-state index contributed by atoms with van der Waals surface area (Å²) in [6.07, 6.45) is 70.0. The van der Waals surface area contributed by atoms with Crippen molar-refractivity contribution in [2.24, 2.45) is 0 Å². The molecule has 0 amide bonds. The molecule has 0 spiro atoms. The summed E-state index contributed by atoms with van der Waals surface area (Å²) in [6.45, 7) is 6.44. The van der Waals surface area contributed by atoms with E-state index in [-0.39, 0.29) is 31.1 Å². The Morgan fingerprint density at radius 1 is 0.318 bits per heavy atom. The Bertz CT molecular complexity index is 1290. The van der Waals surface area contributed by atoms with Crippen LogP contribution in [0.25, 0.3) is 0 Å². The Kier molecular flexibility index (Phi) is 51.4. The number of carbonyl (C=O) groups is 3. The van der Waals surface area contributed by atoms with Gasteiger partial charge in [-0.25, -0.2) is 0 Å². The molecule has 0 bridgehead atoms. The Hall–Kier alpha value is -3.41. The molecule has 0 radical (unpaired) electrons. The molecule has 6 heteroatoms. The van der Waals surface area contributed by atoms with Gasteiger partial charge >= 0.3 is 17.9 Å². The maximum Gasteiger partial charge on any atom is 0.306 e. The number of hydrogen-bond donors (Lipinski definition) is 0. The van der Waals surface area contributed by atoms with Crippen LogP contribution in [-0.2, 0) is 28.6 Å². The SMILES string of the molecule is CC/C=C\C/C=C\C/C=C\C/C=C\C/C=C\CCCCCCCCCCCC(=O)OCC(COC(=O)CCCCCCC/C=C\CCCC)OC(=O)CCCCCCC/C=C\CCCCC. The van der Waals surface area contributed by atoms with E-state index < -0.39 is 6.10 Å². The molecule has 0 aromatic carbocycles. The normalized spacial score (nSPS) is 12.7. The molecule has 0 aromatic rings. The minimum atomic E-state index is -0.785. The summed E-state index contributed by atoms with van der Waals surface area (Å²) in [5.41, 5.74) is 0. The lowest BCUT2D eigenvalue weighted by Crippen LogP contribution is -2.30. The fourth-order valence-corrected chi connectivity index (χ4v) is 7.44. The van der Waals surface area contributed by atoms with E-state index in [1.807, 2.05) is 0 Å². The van der Waals surface area contributed by atoms with Gasteiger partial charge in [-0.15, -0.1) is 0 Å². The molecule has 0 rings (SSSR count). The lowest BCUT2D eigenvalue weighted by molar-refractivity contribution is -0.167. The first kappa shape index (κ1) is 62.6. The molecular weight excluding hydrogens is 817 g/mol. The van der Waals surface area contributed by atoms with Gasteiger partial charge in [0.1, 0.15) is 13.2 Å². The lowest BCUT2D eigenvalue weighted by atomic mass is 10.1. The molecular formula is C60H102O6. The van der Waals surface area contributed by atoms with Gasteiger partial charge < -0.3 is 14.2 Å². The predicted octanol–water partition coefficient (Wildman–Crippen LogP) is 18.4. The molecule has 0 fully saturated rings. The first-order valence-electron chi connectivity index (χ1n) is 27.6. The van der Waals surface area contributed by atoms with Crippen LogP contribution in [0.3, 0.4) is 0 Å². The van der Waals surface area contributed by atoms with E-state index in [0.717, 1.165) is 116 Å². The highest BCUT2D eigenvalue weighted by Crippen LogP contribution is 2.14. The van der Waals surface area contributed by atoms with E-state index >= 15 is 0 Å². The van der Waals surface area contributed by atoms with E-state index in [9.17, 15) is 14.4 Å². The first-order chi connectivity index (χ1) is 32.5. The quantitative estimate of drug-likeness (QED) is 0.0262. The fraction of sp³-hybridized carbons (Fsp3) is 0.717. The van der Waals surface area contributed by atoms with Crippen molar-refractivity contribution in [2.45, 2.75) is 264 Å². The van der Waals surface area contributed by atoms with Gasteiger partial charge in [0.05, 0.1) is 0 Å². The van der Waals surface area contributed by atoms with Crippen LogP contribution in [0.4, 0.5) is 0 Å². The number of allylic oxidation sites excluding steroid dienone is 14. The van der Waals surface area contributed by atoms with Gasteiger partial charge in [0.2, 0.25) is 0 Å². The van der Waals surface area contributed by atoms with E-state index in [4.69, 9.17) is 14.2 Å². The number of esters is 3. The minimum absolute atomic E-state index is 0.0855. The molecule has 0 saturated heterocycles. The van der Waals surface area contributed by atoms with Gasteiger partial charge in [0, 0.05) is 19.3 Å². The van der Waals surface area contributed by atoms with Crippen LogP contribution in [-0.4, -0.2) is 37.2 Å². The molecule has 0 heterocycles. The number of unbranched alkanes of at least 4 members (excludes halogenated alkanes) is 24. The molecule has 0 aromatic heterocycles. The zero-order valence-electron chi connectivity index (χ0n) is 43.2. The van der Waals surface area contributed by atoms with Crippen LogP contribution in [0.1, 0.15) is 258 Å². The standard InChI is InChI=1S/C60H102O6/c1-4-7-10-13-16-19-22-24-25-26-27-28-29-30-31-32-33-34-35-36-39-41-44-47-50-53-59(62)65-56-57(55-64-58(61)52-49-46-43-40-37-21-18-15-12-9-6-3)66-60(63)54-51-48-45-42-38-23-20-17-14-11-8-5-2/h7,10,15-20,24-25,27-28,30-31,57H,4-6,8-9,11-14,21-23,26,29,32-56H2,1-3H3/b10-7-,18-15-,19-16-,20-17-,25-24-,28-27-,31-30-. The van der Waals surface area contributed by atoms with Crippen molar-refractivity contribution in [3.05, 3.63) is 85.1 Å². The second-order valence-corrected chi connectivity index (χ2v) is 18.1. The van der Waals surface area contributed by atoms with Crippen LogP contribution in [0.15, 0.2) is 85.1 Å². The largest absolute Gasteiger partial charge is 0.462 e. The first-order valence-corrected chi connectivity index (χ1v) is 27.6. The van der Waals surface area contributed by atoms with Crippen LogP contribution in [0.2, 0.25) is 0 Å². The van der Waals surface area contributed by atoms with Gasteiger partial charge in [-0.05, 0) is 109 Å². The molecule has 0 aliphatic heterocycles. The van der Waals surface area contributed by atoms with E-state index in [2.05, 4.69) is 106 Å². The number of ether oxygens (including phenoxy) is 3. The molecule has 0 N–H and O–H groups in total. The Balaban J connectivity index is 4.27. The fourth-order valence-electron chi connectivity index (χ4n) is 7.44.